The van der Waals surface area contributed by atoms with Crippen molar-refractivity contribution >= 4 is 49.4 Å². The van der Waals surface area contributed by atoms with Gasteiger partial charge >= 0.3 is 0 Å². The standard InChI is InChI=1S/C73H49N/c1-4-21-52(22-5-1)59-29-12-13-30-60(59)54-41-39-50(40-42-54)51-43-45-57(46-44-51)74(72-68-36-17-15-33-63(68)62-32-14-16-35-67(62)71(72)66-37-20-24-53-23-10-11-31-61(53)66)58-47-48-65-64-34-18-19-38-69(64)73(70(65)49-58,55-25-6-2-7-26-55)56-27-8-3-9-28-56/h1-49H. The minimum Gasteiger partial charge on any atom is -0.309 e. The van der Waals surface area contributed by atoms with Crippen molar-refractivity contribution in [1.29, 1.82) is 0 Å². The molecule has 0 radical (unpaired) electrons. The minimum atomic E-state index is -0.572. The summed E-state index contributed by atoms with van der Waals surface area (Å²) in [6.45, 7) is 0. The average Bonchev–Trinajstić information content (AvgIpc) is 3.79. The van der Waals surface area contributed by atoms with Crippen molar-refractivity contribution in [3.8, 4) is 55.6 Å². The van der Waals surface area contributed by atoms with E-state index in [0.717, 1.165) is 22.6 Å². The van der Waals surface area contributed by atoms with Gasteiger partial charge in [-0.3, -0.25) is 0 Å². The fourth-order valence-corrected chi connectivity index (χ4v) is 12.3. The second-order valence-electron chi connectivity index (χ2n) is 19.5. The maximum atomic E-state index is 2.56. The van der Waals surface area contributed by atoms with Gasteiger partial charge in [0.25, 0.3) is 0 Å². The molecule has 0 atom stereocenters. The van der Waals surface area contributed by atoms with Crippen LogP contribution in [0.1, 0.15) is 22.3 Å². The Balaban J connectivity index is 1.02. The number of benzene rings is 13. The second kappa shape index (κ2) is 17.9. The van der Waals surface area contributed by atoms with Crippen molar-refractivity contribution in [2.45, 2.75) is 5.41 Å². The van der Waals surface area contributed by atoms with Gasteiger partial charge in [0.2, 0.25) is 0 Å². The number of rotatable bonds is 9. The molecule has 74 heavy (non-hydrogen) atoms. The third kappa shape index (κ3) is 6.93. The first-order valence-corrected chi connectivity index (χ1v) is 25.7. The average molecular weight is 940 g/mol. The zero-order valence-corrected chi connectivity index (χ0v) is 40.7. The van der Waals surface area contributed by atoms with E-state index in [1.165, 1.54) is 105 Å². The van der Waals surface area contributed by atoms with Gasteiger partial charge in [0.15, 0.2) is 0 Å². The first kappa shape index (κ1) is 43.2. The summed E-state index contributed by atoms with van der Waals surface area (Å²) in [6.07, 6.45) is 0. The summed E-state index contributed by atoms with van der Waals surface area (Å²) in [7, 11) is 0. The number of hydrogen-bond acceptors (Lipinski definition) is 1. The maximum absolute atomic E-state index is 2.56. The van der Waals surface area contributed by atoms with E-state index in [0.29, 0.717) is 0 Å². The van der Waals surface area contributed by atoms with E-state index in [2.05, 4.69) is 302 Å². The van der Waals surface area contributed by atoms with Gasteiger partial charge in [0, 0.05) is 22.3 Å². The second-order valence-corrected chi connectivity index (χ2v) is 19.5. The van der Waals surface area contributed by atoms with Gasteiger partial charge in [0.05, 0.1) is 11.1 Å². The normalized spacial score (nSPS) is 12.4. The Hall–Kier alpha value is -9.56. The van der Waals surface area contributed by atoms with Crippen LogP contribution in [-0.4, -0.2) is 0 Å². The summed E-state index contributed by atoms with van der Waals surface area (Å²) in [4.78, 5) is 2.56. The predicted molar refractivity (Wildman–Crippen MR) is 313 cm³/mol. The van der Waals surface area contributed by atoms with Crippen molar-refractivity contribution in [3.05, 3.63) is 320 Å². The maximum Gasteiger partial charge on any atom is 0.0714 e. The van der Waals surface area contributed by atoms with Gasteiger partial charge in [-0.05, 0) is 124 Å². The monoisotopic (exact) mass is 939 g/mol. The number of nitrogens with zero attached hydrogens (tertiary/aromatic N) is 1. The fraction of sp³-hybridized carbons (Fsp3) is 0.0137. The van der Waals surface area contributed by atoms with Crippen LogP contribution in [0.25, 0.3) is 88.0 Å². The third-order valence-electron chi connectivity index (χ3n) is 15.6. The Kier molecular flexibility index (Phi) is 10.5. The van der Waals surface area contributed by atoms with E-state index in [9.17, 15) is 0 Å². The van der Waals surface area contributed by atoms with E-state index in [4.69, 9.17) is 0 Å². The zero-order chi connectivity index (χ0) is 49.0. The van der Waals surface area contributed by atoms with Crippen LogP contribution in [0.2, 0.25) is 0 Å². The largest absolute Gasteiger partial charge is 0.309 e. The van der Waals surface area contributed by atoms with Crippen molar-refractivity contribution in [2.75, 3.05) is 4.90 Å². The molecule has 1 aliphatic carbocycles. The van der Waals surface area contributed by atoms with Gasteiger partial charge in [-0.15, -0.1) is 0 Å². The summed E-state index contributed by atoms with van der Waals surface area (Å²) < 4.78 is 0. The minimum absolute atomic E-state index is 0.572. The lowest BCUT2D eigenvalue weighted by Gasteiger charge is -2.35. The molecule has 0 amide bonds. The van der Waals surface area contributed by atoms with E-state index in [1.807, 2.05) is 0 Å². The molecule has 0 N–H and O–H groups in total. The predicted octanol–water partition coefficient (Wildman–Crippen LogP) is 19.6. The highest BCUT2D eigenvalue weighted by Crippen LogP contribution is 2.58. The quantitative estimate of drug-likeness (QED) is 0.130. The topological polar surface area (TPSA) is 3.24 Å². The van der Waals surface area contributed by atoms with Gasteiger partial charge in [-0.25, -0.2) is 0 Å². The lowest BCUT2D eigenvalue weighted by Crippen LogP contribution is -2.28. The molecule has 1 aliphatic rings. The smallest absolute Gasteiger partial charge is 0.0714 e. The van der Waals surface area contributed by atoms with Crippen LogP contribution < -0.4 is 4.90 Å². The van der Waals surface area contributed by atoms with Gasteiger partial charge in [-0.2, -0.15) is 0 Å². The molecule has 13 aromatic carbocycles. The van der Waals surface area contributed by atoms with E-state index in [-0.39, 0.29) is 0 Å². The first-order valence-electron chi connectivity index (χ1n) is 25.7. The molecular formula is C73H49N. The lowest BCUT2D eigenvalue weighted by atomic mass is 9.67. The third-order valence-corrected chi connectivity index (χ3v) is 15.6. The van der Waals surface area contributed by atoms with Crippen molar-refractivity contribution < 1.29 is 0 Å². The molecule has 1 heteroatoms. The summed E-state index contributed by atoms with van der Waals surface area (Å²) in [6, 6.07) is 110. The van der Waals surface area contributed by atoms with Crippen molar-refractivity contribution in [2.24, 2.45) is 0 Å². The van der Waals surface area contributed by atoms with Crippen LogP contribution in [0.3, 0.4) is 0 Å². The molecule has 0 aromatic heterocycles. The molecule has 0 saturated carbocycles. The van der Waals surface area contributed by atoms with Crippen LogP contribution >= 0.6 is 0 Å². The van der Waals surface area contributed by atoms with E-state index in [1.54, 1.807) is 0 Å². The van der Waals surface area contributed by atoms with Gasteiger partial charge in [0.1, 0.15) is 0 Å². The number of hydrogen-bond donors (Lipinski definition) is 0. The Labute approximate surface area is 432 Å². The summed E-state index contributed by atoms with van der Waals surface area (Å²) in [5.74, 6) is 0. The molecule has 13 aromatic rings. The molecule has 346 valence electrons. The molecule has 0 saturated heterocycles. The fourth-order valence-electron chi connectivity index (χ4n) is 12.3. The van der Waals surface area contributed by atoms with Crippen LogP contribution in [0.5, 0.6) is 0 Å². The molecule has 0 aliphatic heterocycles. The number of fused-ring (bicyclic) bond motifs is 7. The molecule has 0 bridgehead atoms. The molecule has 14 rings (SSSR count). The van der Waals surface area contributed by atoms with Gasteiger partial charge < -0.3 is 4.90 Å². The molecule has 0 fully saturated rings. The Morgan fingerprint density at radius 2 is 0.676 bits per heavy atom. The Morgan fingerprint density at radius 1 is 0.243 bits per heavy atom. The van der Waals surface area contributed by atoms with Crippen molar-refractivity contribution in [3.63, 3.8) is 0 Å². The Morgan fingerprint density at radius 3 is 1.34 bits per heavy atom. The zero-order valence-electron chi connectivity index (χ0n) is 40.7. The highest BCUT2D eigenvalue weighted by molar-refractivity contribution is 6.24. The van der Waals surface area contributed by atoms with E-state index >= 15 is 0 Å². The van der Waals surface area contributed by atoms with Crippen LogP contribution in [0.4, 0.5) is 17.1 Å². The van der Waals surface area contributed by atoms with Crippen molar-refractivity contribution in [1.82, 2.24) is 0 Å². The first-order chi connectivity index (χ1) is 36.7. The molecule has 0 spiro atoms. The Bertz CT molecular complexity index is 4170. The highest BCUT2D eigenvalue weighted by Gasteiger charge is 2.46. The summed E-state index contributed by atoms with van der Waals surface area (Å²) in [5.41, 5.74) is 19.9. The lowest BCUT2D eigenvalue weighted by molar-refractivity contribution is 0.768. The summed E-state index contributed by atoms with van der Waals surface area (Å²) >= 11 is 0. The molecule has 1 nitrogen and oxygen atoms in total. The molecular weight excluding hydrogens is 891 g/mol. The SMILES string of the molecule is c1ccc(-c2ccccc2-c2ccc(-c3ccc(N(c4ccc5c(c4)C(c4ccccc4)(c4ccccc4)c4ccccc4-5)c4c(-c5cccc6ccccc56)c5ccccc5c5ccccc45)cc3)cc2)cc1. The highest BCUT2D eigenvalue weighted by atomic mass is 15.1. The van der Waals surface area contributed by atoms with Gasteiger partial charge in [-0.1, -0.05) is 273 Å². The number of anilines is 3. The van der Waals surface area contributed by atoms with Crippen LogP contribution in [0.15, 0.2) is 297 Å². The van der Waals surface area contributed by atoms with Crippen LogP contribution in [-0.2, 0) is 5.41 Å². The molecule has 0 unspecified atom stereocenters. The van der Waals surface area contributed by atoms with E-state index < -0.39 is 5.41 Å². The molecule has 0 heterocycles. The van der Waals surface area contributed by atoms with Crippen LogP contribution in [0, 0.1) is 0 Å². The summed E-state index contributed by atoms with van der Waals surface area (Å²) in [5, 5.41) is 7.28.